The zero-order valence-electron chi connectivity index (χ0n) is 21.2. The molecule has 0 heterocycles. The van der Waals surface area contributed by atoms with Crippen molar-refractivity contribution in [2.24, 2.45) is 0 Å². The van der Waals surface area contributed by atoms with E-state index in [2.05, 4.69) is 4.74 Å². The summed E-state index contributed by atoms with van der Waals surface area (Å²) in [6.45, 7) is 3.94. The number of rotatable bonds is 8. The first-order valence-electron chi connectivity index (χ1n) is 12.3. The Morgan fingerprint density at radius 2 is 0.923 bits per heavy atom. The molecular formula is C30H22B2F4O3. The second kappa shape index (κ2) is 12.2. The fourth-order valence-corrected chi connectivity index (χ4v) is 4.05. The third kappa shape index (κ3) is 6.30. The van der Waals surface area contributed by atoms with Crippen LogP contribution < -0.4 is 10.9 Å². The van der Waals surface area contributed by atoms with Gasteiger partial charge in [0.1, 0.15) is 0 Å². The molecule has 4 rings (SSSR count). The molecule has 194 valence electrons. The summed E-state index contributed by atoms with van der Waals surface area (Å²) in [7, 11) is 1.21. The third-order valence-corrected chi connectivity index (χ3v) is 6.32. The van der Waals surface area contributed by atoms with Crippen LogP contribution >= 0.6 is 0 Å². The highest BCUT2D eigenvalue weighted by atomic mass is 19.2. The van der Waals surface area contributed by atoms with E-state index in [0.717, 1.165) is 24.0 Å². The first-order valence-corrected chi connectivity index (χ1v) is 12.3. The molecule has 3 nitrogen and oxygen atoms in total. The largest absolute Gasteiger partial charge is 0.411 e. The van der Waals surface area contributed by atoms with Crippen LogP contribution in [0.2, 0.25) is 0 Å². The molecule has 0 fully saturated rings. The average Bonchev–Trinajstić information content (AvgIpc) is 2.94. The summed E-state index contributed by atoms with van der Waals surface area (Å²) in [5.41, 5.74) is 2.13. The van der Waals surface area contributed by atoms with Gasteiger partial charge in [0.2, 0.25) is 0 Å². The van der Waals surface area contributed by atoms with E-state index >= 15 is 0 Å². The molecule has 0 saturated carbocycles. The minimum atomic E-state index is -1.30. The number of carbonyl (C=O) groups is 2. The van der Waals surface area contributed by atoms with Crippen LogP contribution in [0, 0.1) is 23.3 Å². The fraction of sp³-hybridized carbons (Fsp3) is 0.133. The average molecular weight is 528 g/mol. The lowest BCUT2D eigenvalue weighted by Crippen LogP contribution is -2.34. The van der Waals surface area contributed by atoms with Gasteiger partial charge in [0.25, 0.3) is 11.7 Å². The van der Waals surface area contributed by atoms with E-state index in [1.165, 1.54) is 24.3 Å². The molecule has 0 aromatic heterocycles. The van der Waals surface area contributed by atoms with E-state index in [4.69, 9.17) is 0 Å². The van der Waals surface area contributed by atoms with Crippen molar-refractivity contribution in [3.8, 4) is 22.3 Å². The Bertz CT molecular complexity index is 1410. The maximum absolute atomic E-state index is 14.7. The Balaban J connectivity index is 1.42. The maximum atomic E-state index is 14.7. The number of hydrogen-bond acceptors (Lipinski definition) is 3. The summed E-state index contributed by atoms with van der Waals surface area (Å²) in [5, 5.41) is 0. The minimum absolute atomic E-state index is 0.00679. The van der Waals surface area contributed by atoms with Gasteiger partial charge in [-0.25, -0.2) is 17.6 Å². The zero-order valence-corrected chi connectivity index (χ0v) is 21.2. The lowest BCUT2D eigenvalue weighted by atomic mass is 9.68. The Kier molecular flexibility index (Phi) is 8.69. The van der Waals surface area contributed by atoms with Crippen molar-refractivity contribution in [3.05, 3.63) is 107 Å². The molecule has 0 aliphatic rings. The number of benzene rings is 4. The van der Waals surface area contributed by atoms with E-state index in [9.17, 15) is 27.2 Å². The molecule has 0 saturated heterocycles. The summed E-state index contributed by atoms with van der Waals surface area (Å²) in [4.78, 5) is 24.3. The highest BCUT2D eigenvalue weighted by Crippen LogP contribution is 2.25. The van der Waals surface area contributed by atoms with Gasteiger partial charge in [-0.1, -0.05) is 86.6 Å². The molecule has 0 amide bonds. The minimum Gasteiger partial charge on any atom is -0.411 e. The van der Waals surface area contributed by atoms with Gasteiger partial charge >= 0.3 is 14.6 Å². The summed E-state index contributed by atoms with van der Waals surface area (Å²) in [6.07, 6.45) is 1.59. The predicted molar refractivity (Wildman–Crippen MR) is 145 cm³/mol. The van der Waals surface area contributed by atoms with Crippen LogP contribution in [0.25, 0.3) is 22.3 Å². The van der Waals surface area contributed by atoms with Crippen molar-refractivity contribution in [3.63, 3.8) is 0 Å². The van der Waals surface area contributed by atoms with Crippen LogP contribution in [0.3, 0.4) is 0 Å². The SMILES string of the molecule is CCc1ccc(-c2ccc([B]C(=O)OC(=O)[B]c3ccc(-c4ccc(CC)cc4)c(F)c3F)c(F)c2F)cc1. The molecule has 0 atom stereocenters. The maximum Gasteiger partial charge on any atom is 0.303 e. The van der Waals surface area contributed by atoms with E-state index in [1.807, 2.05) is 13.8 Å². The topological polar surface area (TPSA) is 43.4 Å². The summed E-state index contributed by atoms with van der Waals surface area (Å²) in [5.74, 6) is -7.53. The van der Waals surface area contributed by atoms with E-state index in [-0.39, 0.29) is 11.1 Å². The zero-order chi connectivity index (χ0) is 28.1. The van der Waals surface area contributed by atoms with Crippen LogP contribution in [-0.2, 0) is 17.6 Å². The summed E-state index contributed by atoms with van der Waals surface area (Å²) >= 11 is 0. The number of halogens is 4. The van der Waals surface area contributed by atoms with Crippen LogP contribution in [0.4, 0.5) is 27.2 Å². The van der Waals surface area contributed by atoms with Gasteiger partial charge in [-0.15, -0.1) is 0 Å². The van der Waals surface area contributed by atoms with Crippen molar-refractivity contribution in [1.29, 1.82) is 0 Å². The molecule has 4 aromatic carbocycles. The van der Waals surface area contributed by atoms with Crippen LogP contribution in [0.5, 0.6) is 0 Å². The standard InChI is InChI=1S/C30H22B2F4O3/c1-3-17-5-9-19(10-6-17)21-13-15-23(27(35)25(21)33)31-29(37)39-30(38)32-24-16-14-22(26(34)28(24)36)20-11-7-18(4-2)8-12-20/h5-16H,3-4H2,1-2H3. The van der Waals surface area contributed by atoms with Gasteiger partial charge in [0, 0.05) is 11.1 Å². The molecule has 4 aromatic rings. The summed E-state index contributed by atoms with van der Waals surface area (Å²) < 4.78 is 63.3. The molecule has 9 heteroatoms. The molecule has 0 aliphatic heterocycles. The number of aryl methyl sites for hydroxylation is 2. The molecule has 0 bridgehead atoms. The summed E-state index contributed by atoms with van der Waals surface area (Å²) in [6, 6.07) is 18.9. The van der Waals surface area contributed by atoms with Gasteiger partial charge in [0.15, 0.2) is 23.3 Å². The van der Waals surface area contributed by atoms with Crippen LogP contribution in [0.15, 0.2) is 72.8 Å². The van der Waals surface area contributed by atoms with Crippen molar-refractivity contribution in [2.75, 3.05) is 0 Å². The number of ether oxygens (including phenoxy) is 1. The fourth-order valence-electron chi connectivity index (χ4n) is 4.05. The first-order chi connectivity index (χ1) is 18.7. The number of carbonyl (C=O) groups excluding carboxylic acids is 2. The van der Waals surface area contributed by atoms with Crippen LogP contribution in [-0.4, -0.2) is 26.3 Å². The van der Waals surface area contributed by atoms with Gasteiger partial charge in [-0.3, -0.25) is 9.59 Å². The van der Waals surface area contributed by atoms with Gasteiger partial charge in [0.05, 0.1) is 0 Å². The van der Waals surface area contributed by atoms with E-state index in [0.29, 0.717) is 25.7 Å². The number of hydrogen-bond donors (Lipinski definition) is 0. The van der Waals surface area contributed by atoms with Gasteiger partial charge < -0.3 is 4.74 Å². The van der Waals surface area contributed by atoms with Gasteiger partial charge in [-0.2, -0.15) is 0 Å². The highest BCUT2D eigenvalue weighted by molar-refractivity contribution is 6.87. The predicted octanol–water partition coefficient (Wildman–Crippen LogP) is 6.32. The van der Waals surface area contributed by atoms with Crippen molar-refractivity contribution < 1.29 is 31.9 Å². The van der Waals surface area contributed by atoms with Gasteiger partial charge in [-0.05, 0) is 46.0 Å². The molecule has 39 heavy (non-hydrogen) atoms. The second-order valence-corrected chi connectivity index (χ2v) is 8.79. The van der Waals surface area contributed by atoms with Crippen molar-refractivity contribution >= 4 is 37.2 Å². The lowest BCUT2D eigenvalue weighted by molar-refractivity contribution is 0.184. The molecule has 0 spiro atoms. The second-order valence-electron chi connectivity index (χ2n) is 8.79. The monoisotopic (exact) mass is 528 g/mol. The Labute approximate surface area is 225 Å². The molecule has 0 aliphatic carbocycles. The van der Waals surface area contributed by atoms with Crippen molar-refractivity contribution in [2.45, 2.75) is 26.7 Å². The third-order valence-electron chi connectivity index (χ3n) is 6.32. The molecule has 2 radical (unpaired) electrons. The first kappa shape index (κ1) is 27.9. The van der Waals surface area contributed by atoms with E-state index < -0.39 is 45.9 Å². The molecule has 0 unspecified atom stereocenters. The Hall–Kier alpha value is -4.13. The van der Waals surface area contributed by atoms with Crippen LogP contribution in [0.1, 0.15) is 25.0 Å². The molecule has 0 N–H and O–H groups in total. The lowest BCUT2D eigenvalue weighted by Gasteiger charge is -2.10. The highest BCUT2D eigenvalue weighted by Gasteiger charge is 2.23. The quantitative estimate of drug-likeness (QED) is 0.153. The van der Waals surface area contributed by atoms with Crippen molar-refractivity contribution in [1.82, 2.24) is 0 Å². The Morgan fingerprint density at radius 1 is 0.564 bits per heavy atom. The molecular weight excluding hydrogens is 506 g/mol. The smallest absolute Gasteiger partial charge is 0.303 e. The van der Waals surface area contributed by atoms with E-state index in [1.54, 1.807) is 48.5 Å². The normalized spacial score (nSPS) is 10.7. The Morgan fingerprint density at radius 3 is 1.26 bits per heavy atom.